The van der Waals surface area contributed by atoms with E-state index in [2.05, 4.69) is 40.8 Å². The molecule has 57 heavy (non-hydrogen) atoms. The van der Waals surface area contributed by atoms with Gasteiger partial charge < -0.3 is 19.1 Å². The summed E-state index contributed by atoms with van der Waals surface area (Å²) in [6.45, 7) is 14.9. The first-order valence-corrected chi connectivity index (χ1v) is 24.7. The topological polar surface area (TPSA) is 123 Å². The number of carbonyl (C=O) groups is 2. The normalized spacial score (nSPS) is 13.1. The molecule has 11 nitrogen and oxygen atoms in total. The third-order valence-electron chi connectivity index (χ3n) is 9.53. The van der Waals surface area contributed by atoms with E-state index in [0.717, 1.165) is 60.7 Å². The van der Waals surface area contributed by atoms with E-state index in [-0.39, 0.29) is 12.6 Å². The molecule has 6 aromatic rings. The van der Waals surface area contributed by atoms with Crippen molar-refractivity contribution >= 4 is 63.1 Å². The Morgan fingerprint density at radius 2 is 1.75 bits per heavy atom. The maximum Gasteiger partial charge on any atom is 0.358 e. The summed E-state index contributed by atoms with van der Waals surface area (Å²) in [6.07, 6.45) is 5.66. The van der Waals surface area contributed by atoms with Gasteiger partial charge in [0.15, 0.2) is 16.0 Å². The summed E-state index contributed by atoms with van der Waals surface area (Å²) >= 11 is 3.00. The van der Waals surface area contributed by atoms with Gasteiger partial charge in [-0.25, -0.2) is 14.8 Å². The Balaban J connectivity index is 1.10. The molecular weight excluding hydrogens is 773 g/mol. The zero-order valence-corrected chi connectivity index (χ0v) is 36.1. The lowest BCUT2D eigenvalue weighted by Gasteiger charge is -2.31. The van der Waals surface area contributed by atoms with Crippen LogP contribution in [-0.2, 0) is 28.9 Å². The third kappa shape index (κ3) is 10.2. The van der Waals surface area contributed by atoms with Gasteiger partial charge in [-0.2, -0.15) is 5.10 Å². The van der Waals surface area contributed by atoms with Crippen molar-refractivity contribution in [2.75, 3.05) is 36.3 Å². The molecule has 0 fully saturated rings. The lowest BCUT2D eigenvalue weighted by molar-refractivity contribution is 0.00623. The van der Waals surface area contributed by atoms with Gasteiger partial charge in [0.2, 0.25) is 0 Å². The van der Waals surface area contributed by atoms with E-state index in [4.69, 9.17) is 24.2 Å². The number of thiazole rings is 2. The Morgan fingerprint density at radius 1 is 0.947 bits per heavy atom. The van der Waals surface area contributed by atoms with Crippen LogP contribution in [0.25, 0.3) is 21.3 Å². The van der Waals surface area contributed by atoms with Crippen LogP contribution in [0.5, 0.6) is 5.75 Å². The van der Waals surface area contributed by atoms with Crippen molar-refractivity contribution in [3.8, 4) is 16.9 Å². The number of hydrogen-bond acceptors (Lipinski definition) is 11. The molecule has 0 aliphatic carbocycles. The molecule has 0 saturated heterocycles. The largest absolute Gasteiger partial charge is 0.494 e. The Labute approximate surface area is 343 Å². The van der Waals surface area contributed by atoms with E-state index in [1.807, 2.05) is 87.6 Å². The van der Waals surface area contributed by atoms with Gasteiger partial charge >= 0.3 is 5.97 Å². The highest BCUT2D eigenvalue weighted by atomic mass is 32.1. The number of hydrogen-bond donors (Lipinski definition) is 1. The second-order valence-corrected chi connectivity index (χ2v) is 24.1. The number of aromatic nitrogens is 4. The first-order chi connectivity index (χ1) is 27.3. The number of aromatic amines is 1. The van der Waals surface area contributed by atoms with E-state index in [0.29, 0.717) is 55.5 Å². The average Bonchev–Trinajstić information content (AvgIpc) is 3.96. The number of fused-ring (bicyclic) bond motifs is 2. The van der Waals surface area contributed by atoms with E-state index in [1.165, 1.54) is 22.7 Å². The zero-order valence-electron chi connectivity index (χ0n) is 33.5. The fourth-order valence-electron chi connectivity index (χ4n) is 6.51. The Morgan fingerprint density at radius 3 is 2.49 bits per heavy atom. The number of para-hydroxylation sites is 1. The molecule has 1 aliphatic rings. The second kappa shape index (κ2) is 17.3. The van der Waals surface area contributed by atoms with Gasteiger partial charge in [-0.3, -0.25) is 14.8 Å². The van der Waals surface area contributed by atoms with Crippen LogP contribution in [0.3, 0.4) is 0 Å². The lowest BCUT2D eigenvalue weighted by atomic mass is 9.94. The molecule has 3 aromatic heterocycles. The van der Waals surface area contributed by atoms with E-state index >= 15 is 0 Å². The minimum Gasteiger partial charge on any atom is -0.494 e. The number of ether oxygens (including phenoxy) is 3. The molecule has 7 rings (SSSR count). The molecule has 4 heterocycles. The summed E-state index contributed by atoms with van der Waals surface area (Å²) in [5.74, 6) is 0.188. The van der Waals surface area contributed by atoms with Gasteiger partial charge in [0.1, 0.15) is 18.1 Å². The monoisotopic (exact) mass is 822 g/mol. The number of rotatable bonds is 15. The molecule has 0 bridgehead atoms. The summed E-state index contributed by atoms with van der Waals surface area (Å²) in [4.78, 5) is 42.7. The number of nitrogens with zero attached hydrogens (tertiary/aromatic N) is 5. The highest BCUT2D eigenvalue weighted by Gasteiger charge is 2.31. The second-order valence-electron chi connectivity index (χ2n) is 16.4. The van der Waals surface area contributed by atoms with Crippen LogP contribution in [0.1, 0.15) is 64.0 Å². The van der Waals surface area contributed by atoms with Crippen LogP contribution in [0.15, 0.2) is 79.1 Å². The number of amides is 1. The van der Waals surface area contributed by atoms with Gasteiger partial charge in [0, 0.05) is 50.0 Å². The number of aryl methyl sites for hydroxylation is 1. The summed E-state index contributed by atoms with van der Waals surface area (Å²) < 4.78 is 19.1. The molecular formula is C43H50N6O5S2Si. The first-order valence-electron chi connectivity index (χ1n) is 19.4. The van der Waals surface area contributed by atoms with Gasteiger partial charge in [-0.05, 0) is 93.1 Å². The molecule has 0 saturated carbocycles. The highest BCUT2D eigenvalue weighted by Crippen LogP contribution is 2.35. The van der Waals surface area contributed by atoms with Crippen LogP contribution < -0.4 is 14.5 Å². The molecule has 0 spiro atoms. The van der Waals surface area contributed by atoms with E-state index in [9.17, 15) is 9.59 Å². The Hall–Kier alpha value is -4.89. The SMILES string of the molecule is CC(C)(C)OC(=O)c1nc(N2CCc3cccc(C(=O)N(COCC[Si](C)(C)C)c4nc5ccccc5s4)c3C2)sc1CCCOc1ccc(-c2cn[nH]c2)cc1. The van der Waals surface area contributed by atoms with Gasteiger partial charge in [0.05, 0.1) is 23.0 Å². The van der Waals surface area contributed by atoms with Gasteiger partial charge in [0.25, 0.3) is 5.91 Å². The van der Waals surface area contributed by atoms with Crippen LogP contribution in [0, 0.1) is 0 Å². The third-order valence-corrected chi connectivity index (χ3v) is 13.5. The Bertz CT molecular complexity index is 2280. The average molecular weight is 823 g/mol. The van der Waals surface area contributed by atoms with Gasteiger partial charge in [-0.15, -0.1) is 11.3 Å². The lowest BCUT2D eigenvalue weighted by Crippen LogP contribution is -2.37. The zero-order chi connectivity index (χ0) is 40.2. The number of benzene rings is 3. The maximum atomic E-state index is 14.6. The van der Waals surface area contributed by atoms with E-state index < -0.39 is 19.6 Å². The summed E-state index contributed by atoms with van der Waals surface area (Å²) in [5, 5.41) is 8.21. The quantitative estimate of drug-likeness (QED) is 0.0467. The maximum absolute atomic E-state index is 14.6. The summed E-state index contributed by atoms with van der Waals surface area (Å²) in [7, 11) is -1.33. The van der Waals surface area contributed by atoms with Crippen LogP contribution in [0.4, 0.5) is 10.3 Å². The fourth-order valence-corrected chi connectivity index (χ4v) is 9.33. The smallest absolute Gasteiger partial charge is 0.358 e. The van der Waals surface area contributed by atoms with Gasteiger partial charge in [-0.1, -0.05) is 67.4 Å². The Kier molecular flexibility index (Phi) is 12.2. The summed E-state index contributed by atoms with van der Waals surface area (Å²) in [6, 6.07) is 22.8. The van der Waals surface area contributed by atoms with Crippen molar-refractivity contribution in [2.24, 2.45) is 0 Å². The van der Waals surface area contributed by atoms with Crippen molar-refractivity contribution in [3.05, 3.63) is 106 Å². The predicted molar refractivity (Wildman–Crippen MR) is 232 cm³/mol. The van der Waals surface area contributed by atoms with Crippen LogP contribution in [0.2, 0.25) is 25.7 Å². The van der Waals surface area contributed by atoms with Crippen molar-refractivity contribution < 1.29 is 23.8 Å². The van der Waals surface area contributed by atoms with Crippen LogP contribution >= 0.6 is 22.7 Å². The molecule has 0 unspecified atom stereocenters. The standard InChI is InChI=1S/C43H50N6O5S2Si/c1-43(2,3)54-40(51)38-37(15-10-22-53-32-18-16-29(17-19-32)31-25-44-45-26-31)56-41(47-38)48-21-20-30-11-9-12-33(34(30)27-48)39(50)49(28-52-23-24-57(4,5)6)42-46-35-13-7-8-14-36(35)55-42/h7-9,11-14,16-19,25-26H,10,15,20-24,27-28H2,1-6H3,(H,44,45). The molecule has 14 heteroatoms. The van der Waals surface area contributed by atoms with Crippen LogP contribution in [-0.4, -0.2) is 72.2 Å². The molecule has 1 N–H and O–H groups in total. The molecule has 3 aromatic carbocycles. The minimum atomic E-state index is -1.33. The van der Waals surface area contributed by atoms with E-state index in [1.54, 1.807) is 11.1 Å². The fraction of sp³-hybridized carbons (Fsp3) is 0.372. The molecule has 0 radical (unpaired) electrons. The molecule has 1 aliphatic heterocycles. The molecule has 1 amide bonds. The number of carbonyl (C=O) groups excluding carboxylic acids is 2. The number of esters is 1. The first kappa shape index (κ1) is 40.3. The number of H-pyrrole nitrogens is 1. The molecule has 298 valence electrons. The minimum absolute atomic E-state index is 0.117. The number of anilines is 2. The predicted octanol–water partition coefficient (Wildman–Crippen LogP) is 9.63. The summed E-state index contributed by atoms with van der Waals surface area (Å²) in [5.41, 5.74) is 5.28. The van der Waals surface area contributed by atoms with Crippen molar-refractivity contribution in [2.45, 2.75) is 77.9 Å². The molecule has 0 atom stereocenters. The van der Waals surface area contributed by atoms with Crippen molar-refractivity contribution in [1.29, 1.82) is 0 Å². The van der Waals surface area contributed by atoms with Crippen molar-refractivity contribution in [1.82, 2.24) is 20.2 Å². The highest BCUT2D eigenvalue weighted by molar-refractivity contribution is 7.22. The number of nitrogens with one attached hydrogen (secondary N) is 1. The van der Waals surface area contributed by atoms with Crippen molar-refractivity contribution in [3.63, 3.8) is 0 Å².